The highest BCUT2D eigenvalue weighted by molar-refractivity contribution is 9.10. The maximum Gasteiger partial charge on any atom is 0.226 e. The molecular formula is C26H27BrN6O2. The molecule has 0 radical (unpaired) electrons. The second-order valence-electron chi connectivity index (χ2n) is 8.60. The zero-order valence-electron chi connectivity index (χ0n) is 19.3. The van der Waals surface area contributed by atoms with Crippen LogP contribution in [0.25, 0.3) is 5.65 Å². The van der Waals surface area contributed by atoms with Gasteiger partial charge in [-0.1, -0.05) is 24.3 Å². The van der Waals surface area contributed by atoms with Gasteiger partial charge in [0.25, 0.3) is 0 Å². The van der Waals surface area contributed by atoms with Gasteiger partial charge in [-0.25, -0.2) is 4.98 Å². The largest absolute Gasteiger partial charge is 0.493 e. The number of carbonyl (C=O) groups is 1. The molecule has 8 nitrogen and oxygen atoms in total. The number of nitrogens with zero attached hydrogens (tertiary/aromatic N) is 5. The summed E-state index contributed by atoms with van der Waals surface area (Å²) in [5.74, 6) is 1.92. The average molecular weight is 535 g/mol. The number of likely N-dealkylation sites (tertiary alicyclic amines) is 1. The molecule has 9 heteroatoms. The molecular weight excluding hydrogens is 508 g/mol. The molecule has 0 saturated carbocycles. The molecule has 0 aliphatic carbocycles. The number of amides is 1. The number of hydrogen-bond donors (Lipinski definition) is 1. The van der Waals surface area contributed by atoms with Crippen molar-refractivity contribution in [1.29, 1.82) is 0 Å². The number of aromatic nitrogens is 4. The Balaban J connectivity index is 1.28. The highest BCUT2D eigenvalue weighted by Gasteiger charge is 2.27. The minimum absolute atomic E-state index is 0.118. The molecule has 3 aromatic heterocycles. The summed E-state index contributed by atoms with van der Waals surface area (Å²) in [6.45, 7) is 2.42. The number of halogens is 1. The molecule has 180 valence electrons. The fourth-order valence-corrected chi connectivity index (χ4v) is 4.71. The van der Waals surface area contributed by atoms with Crippen LogP contribution in [0.3, 0.4) is 0 Å². The quantitative estimate of drug-likeness (QED) is 0.353. The number of hydrogen-bond acceptors (Lipinski definition) is 6. The van der Waals surface area contributed by atoms with Crippen LogP contribution in [0.1, 0.15) is 36.4 Å². The van der Waals surface area contributed by atoms with Gasteiger partial charge in [0.1, 0.15) is 11.6 Å². The molecule has 1 N–H and O–H groups in total. The second-order valence-corrected chi connectivity index (χ2v) is 9.45. The third-order valence-corrected chi connectivity index (χ3v) is 6.72. The Kier molecular flexibility index (Phi) is 7.23. The number of benzene rings is 1. The van der Waals surface area contributed by atoms with Crippen LogP contribution in [0.15, 0.2) is 71.6 Å². The van der Waals surface area contributed by atoms with E-state index in [0.717, 1.165) is 52.3 Å². The Morgan fingerprint density at radius 1 is 1.17 bits per heavy atom. The molecule has 1 amide bonds. The molecule has 1 fully saturated rings. The van der Waals surface area contributed by atoms with Crippen LogP contribution in [0.4, 0.5) is 5.82 Å². The molecule has 1 aliphatic rings. The van der Waals surface area contributed by atoms with E-state index in [-0.39, 0.29) is 11.8 Å². The summed E-state index contributed by atoms with van der Waals surface area (Å²) >= 11 is 3.58. The lowest BCUT2D eigenvalue weighted by atomic mass is 9.94. The van der Waals surface area contributed by atoms with Crippen molar-refractivity contribution in [3.8, 4) is 5.75 Å². The number of ether oxygens (including phenoxy) is 1. The smallest absolute Gasteiger partial charge is 0.226 e. The number of anilines is 1. The van der Waals surface area contributed by atoms with Gasteiger partial charge in [0.05, 0.1) is 29.4 Å². The van der Waals surface area contributed by atoms with Crippen LogP contribution in [0, 0.1) is 0 Å². The number of carbonyl (C=O) groups excluding carboxylic acids is 1. The Hall–Kier alpha value is -3.46. The van der Waals surface area contributed by atoms with E-state index in [4.69, 9.17) is 9.72 Å². The van der Waals surface area contributed by atoms with Gasteiger partial charge in [-0.15, -0.1) is 0 Å². The van der Waals surface area contributed by atoms with Gasteiger partial charge in [-0.3, -0.25) is 9.78 Å². The minimum atomic E-state index is 0.118. The summed E-state index contributed by atoms with van der Waals surface area (Å²) in [7, 11) is 0. The lowest BCUT2D eigenvalue weighted by Gasteiger charge is -2.32. The lowest BCUT2D eigenvalue weighted by Crippen LogP contribution is -2.39. The fraction of sp³-hybridized carbons (Fsp3) is 0.308. The molecule has 0 spiro atoms. The SMILES string of the molecule is O=C(CCOc1ccccc1)N1CCCC(c2cc(NCc3cccnc3)n3ncc(Br)c3n2)C1. The highest BCUT2D eigenvalue weighted by Crippen LogP contribution is 2.30. The zero-order chi connectivity index (χ0) is 24.0. The minimum Gasteiger partial charge on any atom is -0.493 e. The Labute approximate surface area is 212 Å². The van der Waals surface area contributed by atoms with Gasteiger partial charge < -0.3 is 15.0 Å². The topological polar surface area (TPSA) is 84.7 Å². The van der Waals surface area contributed by atoms with E-state index in [0.29, 0.717) is 26.1 Å². The monoisotopic (exact) mass is 534 g/mol. The standard InChI is InChI=1S/C26H27BrN6O2/c27-22-17-30-33-24(29-16-19-6-4-11-28-15-19)14-23(31-26(22)33)20-7-5-12-32(18-20)25(34)10-13-35-21-8-2-1-3-9-21/h1-4,6,8-9,11,14-15,17,20,29H,5,7,10,12-13,16,18H2. The molecule has 1 saturated heterocycles. The fourth-order valence-electron chi connectivity index (χ4n) is 4.36. The van der Waals surface area contributed by atoms with Gasteiger partial charge in [0.15, 0.2) is 5.65 Å². The molecule has 4 aromatic rings. The number of rotatable bonds is 8. The molecule has 4 heterocycles. The molecule has 5 rings (SSSR count). The molecule has 1 aromatic carbocycles. The predicted octanol–water partition coefficient (Wildman–Crippen LogP) is 4.67. The van der Waals surface area contributed by atoms with Gasteiger partial charge in [-0.2, -0.15) is 9.61 Å². The van der Waals surface area contributed by atoms with Crippen molar-refractivity contribution < 1.29 is 9.53 Å². The van der Waals surface area contributed by atoms with Crippen molar-refractivity contribution in [2.45, 2.75) is 31.7 Å². The van der Waals surface area contributed by atoms with Crippen LogP contribution < -0.4 is 10.1 Å². The van der Waals surface area contributed by atoms with Crippen LogP contribution in [-0.4, -0.2) is 50.1 Å². The van der Waals surface area contributed by atoms with E-state index in [1.165, 1.54) is 0 Å². The first kappa shape index (κ1) is 23.3. The zero-order valence-corrected chi connectivity index (χ0v) is 20.9. The van der Waals surface area contributed by atoms with Crippen LogP contribution in [0.5, 0.6) is 5.75 Å². The van der Waals surface area contributed by atoms with Crippen molar-refractivity contribution in [2.24, 2.45) is 0 Å². The highest BCUT2D eigenvalue weighted by atomic mass is 79.9. The van der Waals surface area contributed by atoms with Crippen molar-refractivity contribution in [3.63, 3.8) is 0 Å². The summed E-state index contributed by atoms with van der Waals surface area (Å²) < 4.78 is 8.36. The predicted molar refractivity (Wildman–Crippen MR) is 137 cm³/mol. The maximum atomic E-state index is 12.9. The van der Waals surface area contributed by atoms with Crippen molar-refractivity contribution >= 4 is 33.3 Å². The van der Waals surface area contributed by atoms with Gasteiger partial charge >= 0.3 is 0 Å². The van der Waals surface area contributed by atoms with Crippen molar-refractivity contribution in [3.05, 3.63) is 82.9 Å². The first-order valence-electron chi connectivity index (χ1n) is 11.8. The summed E-state index contributed by atoms with van der Waals surface area (Å²) in [6, 6.07) is 15.6. The van der Waals surface area contributed by atoms with E-state index < -0.39 is 0 Å². The van der Waals surface area contributed by atoms with Gasteiger partial charge in [0.2, 0.25) is 5.91 Å². The van der Waals surface area contributed by atoms with E-state index in [9.17, 15) is 4.79 Å². The Morgan fingerprint density at radius 3 is 2.89 bits per heavy atom. The second kappa shape index (κ2) is 10.9. The third kappa shape index (κ3) is 5.62. The molecule has 0 bridgehead atoms. The molecule has 1 unspecified atom stereocenters. The number of piperidine rings is 1. The molecule has 1 aliphatic heterocycles. The first-order valence-corrected chi connectivity index (χ1v) is 12.6. The summed E-state index contributed by atoms with van der Waals surface area (Å²) in [4.78, 5) is 23.9. The molecule has 1 atom stereocenters. The van der Waals surface area contributed by atoms with E-state index in [1.54, 1.807) is 16.9 Å². The van der Waals surface area contributed by atoms with Gasteiger partial charge in [0, 0.05) is 44.0 Å². The molecule has 35 heavy (non-hydrogen) atoms. The third-order valence-electron chi connectivity index (χ3n) is 6.17. The van der Waals surface area contributed by atoms with Crippen molar-refractivity contribution in [2.75, 3.05) is 25.0 Å². The Bertz CT molecular complexity index is 1280. The van der Waals surface area contributed by atoms with Crippen LogP contribution >= 0.6 is 15.9 Å². The van der Waals surface area contributed by atoms with E-state index in [2.05, 4.69) is 37.4 Å². The number of para-hydroxylation sites is 1. The lowest BCUT2D eigenvalue weighted by molar-refractivity contribution is -0.132. The first-order chi connectivity index (χ1) is 17.2. The van der Waals surface area contributed by atoms with Crippen LogP contribution in [-0.2, 0) is 11.3 Å². The van der Waals surface area contributed by atoms with Crippen molar-refractivity contribution in [1.82, 2.24) is 24.5 Å². The Morgan fingerprint density at radius 2 is 2.06 bits per heavy atom. The van der Waals surface area contributed by atoms with Gasteiger partial charge in [-0.05, 0) is 52.5 Å². The average Bonchev–Trinajstić information content (AvgIpc) is 3.29. The number of fused-ring (bicyclic) bond motifs is 1. The summed E-state index contributed by atoms with van der Waals surface area (Å²) in [5, 5.41) is 7.95. The number of nitrogens with one attached hydrogen (secondary N) is 1. The number of pyridine rings is 1. The van der Waals surface area contributed by atoms with E-state index in [1.807, 2.05) is 53.6 Å². The summed E-state index contributed by atoms with van der Waals surface area (Å²) in [5.41, 5.74) is 2.80. The normalized spacial score (nSPS) is 15.8. The van der Waals surface area contributed by atoms with Crippen LogP contribution in [0.2, 0.25) is 0 Å². The maximum absolute atomic E-state index is 12.9. The van der Waals surface area contributed by atoms with E-state index >= 15 is 0 Å². The summed E-state index contributed by atoms with van der Waals surface area (Å²) in [6.07, 6.45) is 7.66.